The summed E-state index contributed by atoms with van der Waals surface area (Å²) >= 11 is 4.47. The molecule has 0 aromatic heterocycles. The minimum Gasteiger partial charge on any atom is -0.302 e. The van der Waals surface area contributed by atoms with Gasteiger partial charge in [-0.05, 0) is 54.4 Å². The van der Waals surface area contributed by atoms with E-state index >= 15 is 0 Å². The van der Waals surface area contributed by atoms with Crippen LogP contribution in [0.1, 0.15) is 28.2 Å². The molecule has 0 spiro atoms. The number of rotatable bonds is 2. The van der Waals surface area contributed by atoms with Crippen LogP contribution in [0.15, 0.2) is 41.3 Å². The summed E-state index contributed by atoms with van der Waals surface area (Å²) < 4.78 is 20.7. The summed E-state index contributed by atoms with van der Waals surface area (Å²) in [5.74, 6) is 0.162. The fourth-order valence-corrected chi connectivity index (χ4v) is 3.92. The van der Waals surface area contributed by atoms with Crippen molar-refractivity contribution in [3.63, 3.8) is 0 Å². The highest BCUT2D eigenvalue weighted by Crippen LogP contribution is 2.37. The Morgan fingerprint density at radius 3 is 2.82 bits per heavy atom. The van der Waals surface area contributed by atoms with Gasteiger partial charge in [-0.25, -0.2) is 4.21 Å². The molecule has 116 valence electrons. The van der Waals surface area contributed by atoms with Gasteiger partial charge in [0.25, 0.3) is 0 Å². The molecule has 2 unspecified atom stereocenters. The molecule has 1 aliphatic rings. The standard InChI is InChI=1S/C17H18ClNO2S/c1-11-6-14-15(9-19(2)10-16(14)17(18)7-11)12-4-3-5-13(8-12)22(20)21/h3-8,15H,9-10H2,1-2H3,(H,20,21). The Morgan fingerprint density at radius 1 is 1.32 bits per heavy atom. The Kier molecular flexibility index (Phi) is 4.37. The molecule has 22 heavy (non-hydrogen) atoms. The van der Waals surface area contributed by atoms with Crippen LogP contribution in [0.25, 0.3) is 0 Å². The van der Waals surface area contributed by atoms with E-state index in [1.165, 1.54) is 5.56 Å². The lowest BCUT2D eigenvalue weighted by Crippen LogP contribution is -2.31. The van der Waals surface area contributed by atoms with Crippen molar-refractivity contribution in [2.24, 2.45) is 0 Å². The number of hydrogen-bond acceptors (Lipinski definition) is 2. The second kappa shape index (κ2) is 6.13. The third-order valence-electron chi connectivity index (χ3n) is 4.13. The van der Waals surface area contributed by atoms with Gasteiger partial charge in [-0.1, -0.05) is 29.8 Å². The molecular weight excluding hydrogens is 318 g/mol. The Bertz CT molecular complexity index is 747. The summed E-state index contributed by atoms with van der Waals surface area (Å²) in [6.45, 7) is 3.74. The minimum atomic E-state index is -1.96. The first-order valence-corrected chi connectivity index (χ1v) is 8.62. The number of likely N-dealkylation sites (N-methyl/N-ethyl adjacent to an activating group) is 1. The average molecular weight is 336 g/mol. The molecule has 0 aliphatic carbocycles. The maximum absolute atomic E-state index is 11.3. The second-order valence-electron chi connectivity index (χ2n) is 5.89. The fraction of sp³-hybridized carbons (Fsp3) is 0.294. The van der Waals surface area contributed by atoms with E-state index < -0.39 is 11.1 Å². The Balaban J connectivity index is 2.13. The zero-order valence-corrected chi connectivity index (χ0v) is 14.1. The molecule has 3 rings (SSSR count). The second-order valence-corrected chi connectivity index (χ2v) is 7.26. The molecule has 0 bridgehead atoms. The van der Waals surface area contributed by atoms with Gasteiger partial charge in [0.2, 0.25) is 0 Å². The maximum Gasteiger partial charge on any atom is 0.186 e. The molecule has 3 nitrogen and oxygen atoms in total. The fourth-order valence-electron chi connectivity index (χ4n) is 3.15. The van der Waals surface area contributed by atoms with Gasteiger partial charge in [0.1, 0.15) is 0 Å². The number of aryl methyl sites for hydroxylation is 1. The van der Waals surface area contributed by atoms with E-state index in [0.29, 0.717) is 4.90 Å². The van der Waals surface area contributed by atoms with Gasteiger partial charge in [0.05, 0.1) is 4.90 Å². The number of nitrogens with zero attached hydrogens (tertiary/aromatic N) is 1. The summed E-state index contributed by atoms with van der Waals surface area (Å²) in [6, 6.07) is 11.5. The van der Waals surface area contributed by atoms with Crippen LogP contribution >= 0.6 is 11.6 Å². The van der Waals surface area contributed by atoms with Gasteiger partial charge in [0, 0.05) is 24.0 Å². The van der Waals surface area contributed by atoms with Crippen molar-refractivity contribution in [2.75, 3.05) is 13.6 Å². The first-order chi connectivity index (χ1) is 10.5. The van der Waals surface area contributed by atoms with Gasteiger partial charge < -0.3 is 9.45 Å². The third kappa shape index (κ3) is 2.97. The molecule has 0 amide bonds. The van der Waals surface area contributed by atoms with Crippen molar-refractivity contribution in [1.82, 2.24) is 4.90 Å². The average Bonchev–Trinajstić information content (AvgIpc) is 2.47. The number of halogens is 1. The first kappa shape index (κ1) is 15.7. The van der Waals surface area contributed by atoms with Gasteiger partial charge in [-0.2, -0.15) is 0 Å². The van der Waals surface area contributed by atoms with E-state index in [2.05, 4.69) is 18.0 Å². The highest BCUT2D eigenvalue weighted by Gasteiger charge is 2.27. The number of benzene rings is 2. The largest absolute Gasteiger partial charge is 0.302 e. The molecule has 1 heterocycles. The molecule has 2 atom stereocenters. The van der Waals surface area contributed by atoms with Crippen molar-refractivity contribution in [3.05, 3.63) is 63.7 Å². The van der Waals surface area contributed by atoms with Crippen molar-refractivity contribution in [3.8, 4) is 0 Å². The Hall–Kier alpha value is -1.20. The highest BCUT2D eigenvalue weighted by molar-refractivity contribution is 7.79. The van der Waals surface area contributed by atoms with Crippen LogP contribution in [-0.2, 0) is 17.6 Å². The van der Waals surface area contributed by atoms with E-state index in [9.17, 15) is 8.76 Å². The molecule has 2 aromatic rings. The van der Waals surface area contributed by atoms with Gasteiger partial charge in [0.15, 0.2) is 11.1 Å². The van der Waals surface area contributed by atoms with Crippen LogP contribution < -0.4 is 0 Å². The van der Waals surface area contributed by atoms with E-state index in [1.54, 1.807) is 6.07 Å². The molecule has 0 saturated heterocycles. The smallest absolute Gasteiger partial charge is 0.186 e. The molecule has 0 fully saturated rings. The van der Waals surface area contributed by atoms with Crippen molar-refractivity contribution >= 4 is 22.7 Å². The van der Waals surface area contributed by atoms with Crippen LogP contribution in [0.5, 0.6) is 0 Å². The highest BCUT2D eigenvalue weighted by atomic mass is 35.5. The van der Waals surface area contributed by atoms with E-state index in [-0.39, 0.29) is 5.92 Å². The lowest BCUT2D eigenvalue weighted by molar-refractivity contribution is 0.295. The van der Waals surface area contributed by atoms with Crippen LogP contribution in [-0.4, -0.2) is 27.3 Å². The lowest BCUT2D eigenvalue weighted by atomic mass is 9.84. The van der Waals surface area contributed by atoms with Crippen LogP contribution in [0, 0.1) is 6.92 Å². The van der Waals surface area contributed by atoms with E-state index in [1.807, 2.05) is 31.2 Å². The summed E-state index contributed by atoms with van der Waals surface area (Å²) in [7, 11) is 2.07. The summed E-state index contributed by atoms with van der Waals surface area (Å²) in [6.07, 6.45) is 0. The van der Waals surface area contributed by atoms with Gasteiger partial charge >= 0.3 is 0 Å². The summed E-state index contributed by atoms with van der Waals surface area (Å²) in [4.78, 5) is 2.67. The normalized spacial score (nSPS) is 19.7. The molecule has 0 radical (unpaired) electrons. The monoisotopic (exact) mass is 335 g/mol. The first-order valence-electron chi connectivity index (χ1n) is 7.14. The topological polar surface area (TPSA) is 40.5 Å². The SMILES string of the molecule is Cc1cc(Cl)c2c(c1)C(c1cccc(S(=O)O)c1)CN(C)C2. The zero-order valence-electron chi connectivity index (χ0n) is 12.5. The molecule has 0 saturated carbocycles. The summed E-state index contributed by atoms with van der Waals surface area (Å²) in [5, 5.41) is 0.799. The van der Waals surface area contributed by atoms with E-state index in [0.717, 1.165) is 34.8 Å². The van der Waals surface area contributed by atoms with Gasteiger partial charge in [-0.3, -0.25) is 0 Å². The van der Waals surface area contributed by atoms with Crippen LogP contribution in [0.3, 0.4) is 0 Å². The third-order valence-corrected chi connectivity index (χ3v) is 5.13. The molecule has 5 heteroatoms. The van der Waals surface area contributed by atoms with Crippen LogP contribution in [0.2, 0.25) is 5.02 Å². The minimum absolute atomic E-state index is 0.162. The lowest BCUT2D eigenvalue weighted by Gasteiger charge is -2.33. The van der Waals surface area contributed by atoms with Crippen molar-refractivity contribution in [2.45, 2.75) is 24.3 Å². The molecular formula is C17H18ClNO2S. The molecule has 2 aromatic carbocycles. The molecule has 1 aliphatic heterocycles. The summed E-state index contributed by atoms with van der Waals surface area (Å²) in [5.41, 5.74) is 4.57. The number of hydrogen-bond donors (Lipinski definition) is 1. The van der Waals surface area contributed by atoms with Gasteiger partial charge in [-0.15, -0.1) is 0 Å². The van der Waals surface area contributed by atoms with Crippen molar-refractivity contribution in [1.29, 1.82) is 0 Å². The Morgan fingerprint density at radius 2 is 2.09 bits per heavy atom. The van der Waals surface area contributed by atoms with Crippen LogP contribution in [0.4, 0.5) is 0 Å². The quantitative estimate of drug-likeness (QED) is 0.848. The maximum atomic E-state index is 11.3. The predicted octanol–water partition coefficient (Wildman–Crippen LogP) is 3.81. The molecule has 1 N–H and O–H groups in total. The van der Waals surface area contributed by atoms with E-state index in [4.69, 9.17) is 11.6 Å². The zero-order chi connectivity index (χ0) is 15.9. The Labute approximate surface area is 138 Å². The predicted molar refractivity (Wildman–Crippen MR) is 89.8 cm³/mol. The van der Waals surface area contributed by atoms with Crippen molar-refractivity contribution < 1.29 is 8.76 Å². The number of fused-ring (bicyclic) bond motifs is 1.